The van der Waals surface area contributed by atoms with Crippen molar-refractivity contribution in [2.45, 2.75) is 25.4 Å². The molecule has 2 aromatic rings. The second kappa shape index (κ2) is 11.8. The maximum absolute atomic E-state index is 13.0. The van der Waals surface area contributed by atoms with Crippen LogP contribution in [0.4, 0.5) is 11.4 Å². The van der Waals surface area contributed by atoms with E-state index < -0.39 is 5.91 Å². The van der Waals surface area contributed by atoms with Crippen LogP contribution in [-0.2, 0) is 11.2 Å². The number of methoxy groups -OCH3 is 1. The second-order valence-electron chi connectivity index (χ2n) is 10.2. The van der Waals surface area contributed by atoms with Gasteiger partial charge in [0.1, 0.15) is 5.75 Å². The topological polar surface area (TPSA) is 114 Å². The van der Waals surface area contributed by atoms with Crippen LogP contribution in [0, 0.1) is 5.92 Å². The molecule has 0 radical (unpaired) electrons. The Labute approximate surface area is 219 Å². The van der Waals surface area contributed by atoms with E-state index in [1.807, 2.05) is 48.2 Å². The van der Waals surface area contributed by atoms with Gasteiger partial charge in [-0.25, -0.2) is 0 Å². The molecule has 2 aliphatic heterocycles. The summed E-state index contributed by atoms with van der Waals surface area (Å²) in [6, 6.07) is 11.2. The summed E-state index contributed by atoms with van der Waals surface area (Å²) in [5.74, 6) is 0.504. The van der Waals surface area contributed by atoms with Crippen LogP contribution in [0.15, 0.2) is 36.4 Å². The van der Waals surface area contributed by atoms with Crippen molar-refractivity contribution >= 4 is 23.2 Å². The van der Waals surface area contributed by atoms with Gasteiger partial charge >= 0.3 is 0 Å². The molecular weight excluding hydrogens is 470 g/mol. The predicted octanol–water partition coefficient (Wildman–Crippen LogP) is 2.24. The van der Waals surface area contributed by atoms with Crippen LogP contribution >= 0.6 is 0 Å². The summed E-state index contributed by atoms with van der Waals surface area (Å²) < 4.78 is 11.3. The summed E-state index contributed by atoms with van der Waals surface area (Å²) >= 11 is 0. The van der Waals surface area contributed by atoms with E-state index in [1.165, 1.54) is 7.11 Å². The highest BCUT2D eigenvalue weighted by molar-refractivity contribution is 5.96. The quantitative estimate of drug-likeness (QED) is 0.525. The van der Waals surface area contributed by atoms with E-state index in [4.69, 9.17) is 20.9 Å². The number of nitrogen functional groups attached to an aromatic ring is 1. The summed E-state index contributed by atoms with van der Waals surface area (Å²) in [5.41, 5.74) is 15.3. The number of benzene rings is 2. The fourth-order valence-electron chi connectivity index (χ4n) is 5.26. The normalized spacial score (nSPS) is 19.0. The minimum atomic E-state index is -0.542. The maximum atomic E-state index is 13.0. The molecule has 1 unspecified atom stereocenters. The lowest BCUT2D eigenvalue weighted by molar-refractivity contribution is -0.0344. The molecule has 9 heteroatoms. The van der Waals surface area contributed by atoms with Gasteiger partial charge in [-0.2, -0.15) is 0 Å². The monoisotopic (exact) mass is 509 g/mol. The number of carbonyl (C=O) groups excluding carboxylic acids is 2. The van der Waals surface area contributed by atoms with Crippen molar-refractivity contribution < 1.29 is 19.1 Å². The van der Waals surface area contributed by atoms with Gasteiger partial charge in [-0.15, -0.1) is 0 Å². The molecule has 2 heterocycles. The maximum Gasteiger partial charge on any atom is 0.253 e. The molecule has 0 spiro atoms. The highest BCUT2D eigenvalue weighted by Gasteiger charge is 2.28. The number of carbonyl (C=O) groups is 2. The first-order valence-electron chi connectivity index (χ1n) is 12.9. The molecule has 0 aliphatic carbocycles. The fraction of sp³-hybridized carbons (Fsp3) is 0.500. The van der Waals surface area contributed by atoms with E-state index in [2.05, 4.69) is 4.90 Å². The molecule has 2 amide bonds. The van der Waals surface area contributed by atoms with Gasteiger partial charge in [-0.3, -0.25) is 14.5 Å². The lowest BCUT2D eigenvalue weighted by Gasteiger charge is -2.38. The Morgan fingerprint density at radius 1 is 1.11 bits per heavy atom. The summed E-state index contributed by atoms with van der Waals surface area (Å²) in [7, 11) is 5.48. The lowest BCUT2D eigenvalue weighted by atomic mass is 9.95. The standard InChI is InChI=1S/C28H39N5O4/c1-31(2)22-6-4-20(5-7-22)28(35)33-10-8-19(9-11-33)17-32-12-13-37-23(18-32)14-21-15-24(27(30)34)26(36-3)16-25(21)29/h4-7,15-16,19,23H,8-14,17-18,29H2,1-3H3,(H2,30,34). The number of primary amides is 1. The number of rotatable bonds is 8. The van der Waals surface area contributed by atoms with Crippen LogP contribution in [0.1, 0.15) is 39.1 Å². The van der Waals surface area contributed by atoms with Crippen molar-refractivity contribution in [1.29, 1.82) is 0 Å². The molecule has 4 rings (SSSR count). The van der Waals surface area contributed by atoms with E-state index in [0.717, 1.165) is 62.4 Å². The Morgan fingerprint density at radius 2 is 1.81 bits per heavy atom. The molecule has 2 aliphatic rings. The summed E-state index contributed by atoms with van der Waals surface area (Å²) in [4.78, 5) is 31.3. The van der Waals surface area contributed by atoms with Crippen molar-refractivity contribution in [2.24, 2.45) is 11.7 Å². The van der Waals surface area contributed by atoms with E-state index >= 15 is 0 Å². The minimum absolute atomic E-state index is 0.0167. The van der Waals surface area contributed by atoms with Crippen LogP contribution in [0.5, 0.6) is 5.75 Å². The molecular formula is C28H39N5O4. The number of nitrogens with zero attached hydrogens (tertiary/aromatic N) is 3. The first-order valence-corrected chi connectivity index (χ1v) is 12.9. The number of hydrogen-bond donors (Lipinski definition) is 2. The van der Waals surface area contributed by atoms with Gasteiger partial charge in [0.25, 0.3) is 11.8 Å². The number of morpholine rings is 1. The van der Waals surface area contributed by atoms with Crippen molar-refractivity contribution in [2.75, 3.05) is 71.2 Å². The smallest absolute Gasteiger partial charge is 0.253 e. The van der Waals surface area contributed by atoms with Crippen molar-refractivity contribution in [3.63, 3.8) is 0 Å². The number of likely N-dealkylation sites (tertiary alicyclic amines) is 1. The number of nitrogens with two attached hydrogens (primary N) is 2. The Bertz CT molecular complexity index is 1100. The number of anilines is 2. The van der Waals surface area contributed by atoms with Crippen LogP contribution in [0.2, 0.25) is 0 Å². The van der Waals surface area contributed by atoms with E-state index in [-0.39, 0.29) is 12.0 Å². The van der Waals surface area contributed by atoms with E-state index in [0.29, 0.717) is 35.9 Å². The van der Waals surface area contributed by atoms with Gasteiger partial charge in [0, 0.05) is 76.2 Å². The van der Waals surface area contributed by atoms with Crippen molar-refractivity contribution in [3.05, 3.63) is 53.1 Å². The van der Waals surface area contributed by atoms with E-state index in [9.17, 15) is 9.59 Å². The van der Waals surface area contributed by atoms with Gasteiger partial charge in [0.2, 0.25) is 0 Å². The van der Waals surface area contributed by atoms with Crippen molar-refractivity contribution in [3.8, 4) is 5.75 Å². The Balaban J connectivity index is 1.28. The average Bonchev–Trinajstić information content (AvgIpc) is 2.89. The Kier molecular flexibility index (Phi) is 8.56. The Morgan fingerprint density at radius 3 is 2.43 bits per heavy atom. The first-order chi connectivity index (χ1) is 17.7. The molecule has 0 bridgehead atoms. The highest BCUT2D eigenvalue weighted by Crippen LogP contribution is 2.28. The molecule has 1 atom stereocenters. The van der Waals surface area contributed by atoms with Crippen LogP contribution < -0.4 is 21.1 Å². The Hall–Kier alpha value is -3.30. The van der Waals surface area contributed by atoms with Gasteiger partial charge in [-0.1, -0.05) is 0 Å². The van der Waals surface area contributed by atoms with Crippen LogP contribution in [0.25, 0.3) is 0 Å². The van der Waals surface area contributed by atoms with Crippen LogP contribution in [0.3, 0.4) is 0 Å². The summed E-state index contributed by atoms with van der Waals surface area (Å²) in [6.45, 7) is 4.90. The molecule has 2 saturated heterocycles. The largest absolute Gasteiger partial charge is 0.496 e. The number of piperidine rings is 1. The van der Waals surface area contributed by atoms with Gasteiger partial charge in [-0.05, 0) is 54.7 Å². The third-order valence-corrected chi connectivity index (χ3v) is 7.45. The average molecular weight is 510 g/mol. The lowest BCUT2D eigenvalue weighted by Crippen LogP contribution is -2.47. The number of amides is 2. The molecule has 2 fully saturated rings. The molecule has 0 aromatic heterocycles. The molecule has 0 saturated carbocycles. The third-order valence-electron chi connectivity index (χ3n) is 7.45. The van der Waals surface area contributed by atoms with Crippen molar-refractivity contribution in [1.82, 2.24) is 9.80 Å². The third kappa shape index (κ3) is 6.53. The number of hydrogen-bond acceptors (Lipinski definition) is 7. The SMILES string of the molecule is COc1cc(N)c(CC2CN(CC3CCN(C(=O)c4ccc(N(C)C)cc4)CC3)CCO2)cc1C(N)=O. The molecule has 2 aromatic carbocycles. The summed E-state index contributed by atoms with van der Waals surface area (Å²) in [5, 5.41) is 0. The zero-order valence-corrected chi connectivity index (χ0v) is 22.1. The zero-order chi connectivity index (χ0) is 26.5. The highest BCUT2D eigenvalue weighted by atomic mass is 16.5. The number of ether oxygens (including phenoxy) is 2. The van der Waals surface area contributed by atoms with Gasteiger partial charge in [0.15, 0.2) is 0 Å². The second-order valence-corrected chi connectivity index (χ2v) is 10.2. The molecule has 4 N–H and O–H groups in total. The zero-order valence-electron chi connectivity index (χ0n) is 22.1. The molecule has 9 nitrogen and oxygen atoms in total. The minimum Gasteiger partial charge on any atom is -0.496 e. The summed E-state index contributed by atoms with van der Waals surface area (Å²) in [6.07, 6.45) is 2.58. The van der Waals surface area contributed by atoms with E-state index in [1.54, 1.807) is 12.1 Å². The predicted molar refractivity (Wildman–Crippen MR) is 145 cm³/mol. The first kappa shape index (κ1) is 26.8. The van der Waals surface area contributed by atoms with Gasteiger partial charge < -0.3 is 30.7 Å². The molecule has 200 valence electrons. The fourth-order valence-corrected chi connectivity index (χ4v) is 5.26. The van der Waals surface area contributed by atoms with Gasteiger partial charge in [0.05, 0.1) is 25.4 Å². The van der Waals surface area contributed by atoms with Crippen LogP contribution in [-0.4, -0.2) is 88.3 Å². The molecule has 37 heavy (non-hydrogen) atoms.